The average molecular weight is 281 g/mol. The zero-order valence-electron chi connectivity index (χ0n) is 14.0. The van der Waals surface area contributed by atoms with Crippen molar-refractivity contribution in [1.82, 2.24) is 14.7 Å². The Labute approximate surface area is 124 Å². The van der Waals surface area contributed by atoms with Crippen LogP contribution in [0.2, 0.25) is 0 Å². The Balaban J connectivity index is 2.62. The number of hydrogen-bond acceptors (Lipinski definition) is 3. The maximum absolute atomic E-state index is 12.2. The van der Waals surface area contributed by atoms with Gasteiger partial charge in [-0.05, 0) is 33.9 Å². The second kappa shape index (κ2) is 7.79. The highest BCUT2D eigenvalue weighted by molar-refractivity contribution is 5.87. The van der Waals surface area contributed by atoms with Crippen molar-refractivity contribution in [1.29, 1.82) is 0 Å². The molecule has 0 aromatic carbocycles. The van der Waals surface area contributed by atoms with Crippen LogP contribution in [0, 0.1) is 5.92 Å². The monoisotopic (exact) mass is 281 g/mol. The molecular weight excluding hydrogens is 250 g/mol. The number of hydrogen-bond donors (Lipinski definition) is 0. The third-order valence-corrected chi connectivity index (χ3v) is 3.94. The molecule has 1 saturated heterocycles. The van der Waals surface area contributed by atoms with Crippen molar-refractivity contribution in [2.45, 2.75) is 39.8 Å². The first-order valence-electron chi connectivity index (χ1n) is 7.68. The molecule has 0 spiro atoms. The van der Waals surface area contributed by atoms with Gasteiger partial charge in [-0.1, -0.05) is 19.9 Å². The minimum atomic E-state index is 0.154. The molecule has 0 aromatic heterocycles. The van der Waals surface area contributed by atoms with E-state index in [0.29, 0.717) is 18.0 Å². The number of rotatable bonds is 5. The smallest absolute Gasteiger partial charge is 0.246 e. The molecule has 0 saturated carbocycles. The topological polar surface area (TPSA) is 26.8 Å². The Kier molecular flexibility index (Phi) is 6.69. The number of amides is 1. The molecule has 4 nitrogen and oxygen atoms in total. The lowest BCUT2D eigenvalue weighted by Crippen LogP contribution is -2.58. The van der Waals surface area contributed by atoms with Gasteiger partial charge in [-0.3, -0.25) is 9.69 Å². The maximum Gasteiger partial charge on any atom is 0.246 e. The Bertz CT molecular complexity index is 337. The van der Waals surface area contributed by atoms with E-state index in [2.05, 4.69) is 37.5 Å². The average Bonchev–Trinajstić information content (AvgIpc) is 2.37. The van der Waals surface area contributed by atoms with E-state index in [1.165, 1.54) is 0 Å². The van der Waals surface area contributed by atoms with Crippen LogP contribution in [0.25, 0.3) is 0 Å². The molecule has 0 radical (unpaired) electrons. The molecule has 1 atom stereocenters. The molecular formula is C16H31N3O. The lowest BCUT2D eigenvalue weighted by Gasteiger charge is -2.45. The van der Waals surface area contributed by atoms with E-state index in [4.69, 9.17) is 0 Å². The van der Waals surface area contributed by atoms with Gasteiger partial charge < -0.3 is 9.80 Å². The summed E-state index contributed by atoms with van der Waals surface area (Å²) in [5.74, 6) is 0.722. The predicted molar refractivity (Wildman–Crippen MR) is 84.7 cm³/mol. The van der Waals surface area contributed by atoms with Crippen molar-refractivity contribution >= 4 is 5.91 Å². The summed E-state index contributed by atoms with van der Waals surface area (Å²) in [5, 5.41) is 0. The normalized spacial score (nSPS) is 21.6. The van der Waals surface area contributed by atoms with E-state index in [0.717, 1.165) is 26.2 Å². The Hall–Kier alpha value is -0.870. The summed E-state index contributed by atoms with van der Waals surface area (Å²) in [4.78, 5) is 18.8. The molecule has 20 heavy (non-hydrogen) atoms. The van der Waals surface area contributed by atoms with Gasteiger partial charge in [0.05, 0.1) is 0 Å². The van der Waals surface area contributed by atoms with Gasteiger partial charge in [0.15, 0.2) is 0 Å². The van der Waals surface area contributed by atoms with Crippen molar-refractivity contribution in [2.24, 2.45) is 5.92 Å². The number of likely N-dealkylation sites (N-methyl/N-ethyl adjacent to an activating group) is 1. The second-order valence-corrected chi connectivity index (χ2v) is 6.59. The van der Waals surface area contributed by atoms with Gasteiger partial charge in [-0.2, -0.15) is 0 Å². The fraction of sp³-hybridized carbons (Fsp3) is 0.812. The summed E-state index contributed by atoms with van der Waals surface area (Å²) in [5.41, 5.74) is 0. The summed E-state index contributed by atoms with van der Waals surface area (Å²) in [6.07, 6.45) is 3.67. The van der Waals surface area contributed by atoms with Crippen LogP contribution in [0.3, 0.4) is 0 Å². The summed E-state index contributed by atoms with van der Waals surface area (Å²) in [6.45, 7) is 12.5. The molecule has 1 aliphatic rings. The summed E-state index contributed by atoms with van der Waals surface area (Å²) < 4.78 is 0. The minimum absolute atomic E-state index is 0.154. The number of carbonyl (C=O) groups excluding carboxylic acids is 1. The quantitative estimate of drug-likeness (QED) is 0.717. The maximum atomic E-state index is 12.2. The molecule has 1 heterocycles. The second-order valence-electron chi connectivity index (χ2n) is 6.59. The third kappa shape index (κ3) is 4.91. The first-order valence-corrected chi connectivity index (χ1v) is 7.68. The van der Waals surface area contributed by atoms with Crippen molar-refractivity contribution in [3.63, 3.8) is 0 Å². The fourth-order valence-electron chi connectivity index (χ4n) is 2.73. The summed E-state index contributed by atoms with van der Waals surface area (Å²) in [6, 6.07) is 1.01. The molecule has 1 amide bonds. The first kappa shape index (κ1) is 17.2. The van der Waals surface area contributed by atoms with E-state index in [1.807, 2.05) is 25.1 Å². The number of nitrogens with zero attached hydrogens (tertiary/aromatic N) is 3. The fourth-order valence-corrected chi connectivity index (χ4v) is 2.73. The number of carbonyl (C=O) groups is 1. The van der Waals surface area contributed by atoms with Gasteiger partial charge in [-0.15, -0.1) is 0 Å². The number of piperazine rings is 1. The van der Waals surface area contributed by atoms with Crippen LogP contribution in [0.15, 0.2) is 12.2 Å². The van der Waals surface area contributed by atoms with Crippen molar-refractivity contribution in [2.75, 3.05) is 40.3 Å². The molecule has 1 unspecified atom stereocenters. The van der Waals surface area contributed by atoms with Gasteiger partial charge in [0, 0.05) is 44.3 Å². The van der Waals surface area contributed by atoms with Crippen LogP contribution in [0.1, 0.15) is 27.7 Å². The molecule has 1 aliphatic heterocycles. The van der Waals surface area contributed by atoms with Crippen molar-refractivity contribution in [3.8, 4) is 0 Å². The van der Waals surface area contributed by atoms with Gasteiger partial charge in [0.25, 0.3) is 0 Å². The van der Waals surface area contributed by atoms with Crippen molar-refractivity contribution in [3.05, 3.63) is 12.2 Å². The molecule has 116 valence electrons. The molecule has 0 bridgehead atoms. The minimum Gasteiger partial charge on any atom is -0.336 e. The van der Waals surface area contributed by atoms with Gasteiger partial charge in [0.1, 0.15) is 0 Å². The summed E-state index contributed by atoms with van der Waals surface area (Å²) >= 11 is 0. The largest absolute Gasteiger partial charge is 0.336 e. The molecule has 4 heteroatoms. The lowest BCUT2D eigenvalue weighted by molar-refractivity contribution is -0.130. The molecule has 0 aromatic rings. The Morgan fingerprint density at radius 1 is 1.25 bits per heavy atom. The van der Waals surface area contributed by atoms with Gasteiger partial charge in [-0.25, -0.2) is 0 Å². The van der Waals surface area contributed by atoms with Gasteiger partial charge in [0.2, 0.25) is 5.91 Å². The molecule has 0 N–H and O–H groups in total. The summed E-state index contributed by atoms with van der Waals surface area (Å²) in [7, 11) is 4.01. The standard InChI is InChI=1S/C16H31N3O/c1-13(2)15-12-18(10-11-19(15)14(3)4)16(20)8-7-9-17(5)6/h7-8,13-15H,9-12H2,1-6H3/b8-7+. The Morgan fingerprint density at radius 2 is 1.90 bits per heavy atom. The van der Waals surface area contributed by atoms with E-state index in [1.54, 1.807) is 6.08 Å². The van der Waals surface area contributed by atoms with E-state index < -0.39 is 0 Å². The van der Waals surface area contributed by atoms with Crippen LogP contribution >= 0.6 is 0 Å². The molecule has 0 aliphatic carbocycles. The molecule has 1 fully saturated rings. The van der Waals surface area contributed by atoms with E-state index in [9.17, 15) is 4.79 Å². The Morgan fingerprint density at radius 3 is 2.40 bits per heavy atom. The first-order chi connectivity index (χ1) is 9.32. The van der Waals surface area contributed by atoms with Crippen LogP contribution in [0.4, 0.5) is 0 Å². The highest BCUT2D eigenvalue weighted by Gasteiger charge is 2.31. The van der Waals surface area contributed by atoms with Crippen LogP contribution < -0.4 is 0 Å². The SMILES string of the molecule is CC(C)C1CN(C(=O)/C=C/CN(C)C)CCN1C(C)C. The van der Waals surface area contributed by atoms with Crippen molar-refractivity contribution < 1.29 is 4.79 Å². The molecule has 1 rings (SSSR count). The van der Waals surface area contributed by atoms with E-state index >= 15 is 0 Å². The predicted octanol–water partition coefficient (Wildman–Crippen LogP) is 1.68. The van der Waals surface area contributed by atoms with E-state index in [-0.39, 0.29) is 5.91 Å². The highest BCUT2D eigenvalue weighted by Crippen LogP contribution is 2.19. The van der Waals surface area contributed by atoms with Gasteiger partial charge >= 0.3 is 0 Å². The lowest BCUT2D eigenvalue weighted by atomic mass is 9.98. The van der Waals surface area contributed by atoms with Crippen LogP contribution in [0.5, 0.6) is 0 Å². The zero-order chi connectivity index (χ0) is 15.3. The van der Waals surface area contributed by atoms with Crippen LogP contribution in [-0.4, -0.2) is 73.0 Å². The highest BCUT2D eigenvalue weighted by atomic mass is 16.2. The zero-order valence-corrected chi connectivity index (χ0v) is 14.0. The van der Waals surface area contributed by atoms with Crippen LogP contribution in [-0.2, 0) is 4.79 Å². The third-order valence-electron chi connectivity index (χ3n) is 3.94.